The van der Waals surface area contributed by atoms with E-state index in [0.717, 1.165) is 48.1 Å². The predicted octanol–water partition coefficient (Wildman–Crippen LogP) is 4.52. The summed E-state index contributed by atoms with van der Waals surface area (Å²) in [7, 11) is 0. The van der Waals surface area contributed by atoms with Gasteiger partial charge in [0, 0.05) is 33.4 Å². The highest BCUT2D eigenvalue weighted by molar-refractivity contribution is 7.15. The van der Waals surface area contributed by atoms with Crippen molar-refractivity contribution in [2.45, 2.75) is 44.2 Å². The summed E-state index contributed by atoms with van der Waals surface area (Å²) in [5.74, 6) is -1.17. The number of fused-ring (bicyclic) bond motifs is 2. The lowest BCUT2D eigenvalue weighted by Gasteiger charge is -2.17. The molecule has 3 aromatic rings. The van der Waals surface area contributed by atoms with Crippen molar-refractivity contribution in [3.63, 3.8) is 0 Å². The van der Waals surface area contributed by atoms with Crippen LogP contribution in [0.2, 0.25) is 0 Å². The molecule has 7 heteroatoms. The highest BCUT2D eigenvalue weighted by Gasteiger charge is 2.27. The van der Waals surface area contributed by atoms with Crippen LogP contribution in [0.1, 0.15) is 58.6 Å². The zero-order valence-corrected chi connectivity index (χ0v) is 16.8. The van der Waals surface area contributed by atoms with E-state index in [1.807, 2.05) is 16.7 Å². The normalized spacial score (nSPS) is 18.5. The van der Waals surface area contributed by atoms with Gasteiger partial charge in [0.2, 0.25) is 5.43 Å². The SMILES string of the molecule is Cl.NC1CCCc2cc(-c3ccc4c(=O)c(C(=O)O)cn(C5CC5)c4c3)sc21. The second-order valence-corrected chi connectivity index (χ2v) is 8.63. The molecule has 0 amide bonds. The van der Waals surface area contributed by atoms with Gasteiger partial charge >= 0.3 is 5.97 Å². The number of aromatic carboxylic acids is 1. The summed E-state index contributed by atoms with van der Waals surface area (Å²) in [6.45, 7) is 0. The summed E-state index contributed by atoms with van der Waals surface area (Å²) in [5, 5.41) is 9.85. The van der Waals surface area contributed by atoms with Crippen molar-refractivity contribution >= 4 is 40.6 Å². The number of hydrogen-bond acceptors (Lipinski definition) is 4. The van der Waals surface area contributed by atoms with Crippen LogP contribution >= 0.6 is 23.7 Å². The molecule has 0 bridgehead atoms. The summed E-state index contributed by atoms with van der Waals surface area (Å²) in [4.78, 5) is 26.5. The van der Waals surface area contributed by atoms with Gasteiger partial charge in [-0.3, -0.25) is 4.79 Å². The van der Waals surface area contributed by atoms with Gasteiger partial charge < -0.3 is 15.4 Å². The first-order chi connectivity index (χ1) is 13.0. The molecular weight excluding hydrogens is 396 g/mol. The van der Waals surface area contributed by atoms with E-state index in [9.17, 15) is 14.7 Å². The summed E-state index contributed by atoms with van der Waals surface area (Å²) < 4.78 is 1.98. The topological polar surface area (TPSA) is 85.3 Å². The molecule has 1 fully saturated rings. The van der Waals surface area contributed by atoms with Crippen molar-refractivity contribution in [2.75, 3.05) is 0 Å². The van der Waals surface area contributed by atoms with Gasteiger partial charge in [-0.1, -0.05) is 6.07 Å². The number of thiophene rings is 1. The molecule has 1 saturated carbocycles. The second kappa shape index (κ2) is 7.03. The van der Waals surface area contributed by atoms with Gasteiger partial charge in [-0.2, -0.15) is 0 Å². The van der Waals surface area contributed by atoms with E-state index < -0.39 is 11.4 Å². The van der Waals surface area contributed by atoms with E-state index in [4.69, 9.17) is 5.73 Å². The van der Waals surface area contributed by atoms with Gasteiger partial charge in [0.1, 0.15) is 5.56 Å². The number of nitrogens with zero attached hydrogens (tertiary/aromatic N) is 1. The highest BCUT2D eigenvalue weighted by Crippen LogP contribution is 2.41. The van der Waals surface area contributed by atoms with Gasteiger partial charge in [0.05, 0.1) is 5.52 Å². The van der Waals surface area contributed by atoms with Crippen LogP contribution in [0, 0.1) is 0 Å². The van der Waals surface area contributed by atoms with Crippen LogP contribution < -0.4 is 11.2 Å². The second-order valence-electron chi connectivity index (χ2n) is 7.55. The molecule has 146 valence electrons. The molecule has 1 unspecified atom stereocenters. The van der Waals surface area contributed by atoms with Crippen molar-refractivity contribution in [1.82, 2.24) is 4.57 Å². The third kappa shape index (κ3) is 3.05. The number of carboxylic acid groups (broad SMARTS) is 1. The molecular formula is C21H21ClN2O3S. The average molecular weight is 417 g/mol. The Labute approximate surface area is 172 Å². The third-order valence-electron chi connectivity index (χ3n) is 5.63. The Kier molecular flexibility index (Phi) is 4.81. The molecule has 2 aromatic heterocycles. The number of carbonyl (C=O) groups is 1. The van der Waals surface area contributed by atoms with E-state index in [2.05, 4.69) is 6.07 Å². The van der Waals surface area contributed by atoms with E-state index in [-0.39, 0.29) is 30.1 Å². The van der Waals surface area contributed by atoms with Crippen LogP contribution in [0.25, 0.3) is 21.3 Å². The Bertz CT molecular complexity index is 1150. The molecule has 2 aliphatic carbocycles. The summed E-state index contributed by atoms with van der Waals surface area (Å²) in [6, 6.07) is 8.36. The Morgan fingerprint density at radius 2 is 2.00 bits per heavy atom. The standard InChI is InChI=1S/C21H20N2O3S.ClH/c22-16-3-1-2-12-9-18(27-20(12)16)11-4-7-14-17(8-11)23(13-5-6-13)10-15(19(14)24)21(25)26;/h4,7-10,13,16H,1-3,5-6,22H2,(H,25,26);1H. The number of aryl methyl sites for hydroxylation is 1. The van der Waals surface area contributed by atoms with Crippen molar-refractivity contribution < 1.29 is 9.90 Å². The Hall–Kier alpha value is -2.15. The number of pyridine rings is 1. The number of rotatable bonds is 3. The molecule has 28 heavy (non-hydrogen) atoms. The summed E-state index contributed by atoms with van der Waals surface area (Å²) in [6.07, 6.45) is 6.78. The molecule has 0 radical (unpaired) electrons. The van der Waals surface area contributed by atoms with Gasteiger partial charge in [0.15, 0.2) is 0 Å². The van der Waals surface area contributed by atoms with E-state index in [1.54, 1.807) is 17.4 Å². The maximum absolute atomic E-state index is 12.6. The molecule has 1 aromatic carbocycles. The number of nitrogens with two attached hydrogens (primary N) is 1. The van der Waals surface area contributed by atoms with Crippen molar-refractivity contribution in [3.05, 3.63) is 56.7 Å². The van der Waals surface area contributed by atoms with Gasteiger partial charge in [0.25, 0.3) is 0 Å². The molecule has 0 aliphatic heterocycles. The van der Waals surface area contributed by atoms with Gasteiger partial charge in [-0.15, -0.1) is 23.7 Å². The number of carboxylic acids is 1. The van der Waals surface area contributed by atoms with E-state index >= 15 is 0 Å². The Morgan fingerprint density at radius 3 is 2.68 bits per heavy atom. The van der Waals surface area contributed by atoms with E-state index in [0.29, 0.717) is 5.39 Å². The fourth-order valence-electron chi connectivity index (χ4n) is 4.05. The molecule has 5 rings (SSSR count). The van der Waals surface area contributed by atoms with Crippen LogP contribution in [0.5, 0.6) is 0 Å². The van der Waals surface area contributed by atoms with Crippen LogP contribution in [0.3, 0.4) is 0 Å². The molecule has 5 nitrogen and oxygen atoms in total. The maximum Gasteiger partial charge on any atom is 0.341 e. The monoisotopic (exact) mass is 416 g/mol. The lowest BCUT2D eigenvalue weighted by Crippen LogP contribution is -2.18. The minimum atomic E-state index is -1.17. The number of halogens is 1. The number of aromatic nitrogens is 1. The highest BCUT2D eigenvalue weighted by atomic mass is 35.5. The Balaban J connectivity index is 0.00000192. The first kappa shape index (κ1) is 19.2. The zero-order chi connectivity index (χ0) is 18.7. The zero-order valence-electron chi connectivity index (χ0n) is 15.2. The lowest BCUT2D eigenvalue weighted by atomic mass is 9.95. The molecule has 1 atom stereocenters. The first-order valence-electron chi connectivity index (χ1n) is 9.33. The van der Waals surface area contributed by atoms with Crippen LogP contribution in [-0.2, 0) is 6.42 Å². The largest absolute Gasteiger partial charge is 0.477 e. The minimum absolute atomic E-state index is 0. The van der Waals surface area contributed by atoms with Crippen molar-refractivity contribution in [3.8, 4) is 10.4 Å². The van der Waals surface area contributed by atoms with Crippen molar-refractivity contribution in [1.29, 1.82) is 0 Å². The fraction of sp³-hybridized carbons (Fsp3) is 0.333. The average Bonchev–Trinajstić information content (AvgIpc) is 3.39. The fourth-order valence-corrected chi connectivity index (χ4v) is 5.29. The lowest BCUT2D eigenvalue weighted by molar-refractivity contribution is 0.0695. The molecule has 0 spiro atoms. The number of benzene rings is 1. The molecule has 2 heterocycles. The van der Waals surface area contributed by atoms with Crippen molar-refractivity contribution in [2.24, 2.45) is 5.73 Å². The van der Waals surface area contributed by atoms with Gasteiger partial charge in [-0.05, 0) is 61.4 Å². The Morgan fingerprint density at radius 1 is 1.21 bits per heavy atom. The molecule has 3 N–H and O–H groups in total. The minimum Gasteiger partial charge on any atom is -0.477 e. The summed E-state index contributed by atoms with van der Waals surface area (Å²) in [5.41, 5.74) is 8.94. The van der Waals surface area contributed by atoms with Crippen LogP contribution in [-0.4, -0.2) is 15.6 Å². The summed E-state index contributed by atoms with van der Waals surface area (Å²) >= 11 is 1.74. The maximum atomic E-state index is 12.6. The molecule has 2 aliphatic rings. The number of hydrogen-bond donors (Lipinski definition) is 2. The van der Waals surface area contributed by atoms with Crippen LogP contribution in [0.15, 0.2) is 35.3 Å². The predicted molar refractivity (Wildman–Crippen MR) is 114 cm³/mol. The van der Waals surface area contributed by atoms with Crippen LogP contribution in [0.4, 0.5) is 0 Å². The quantitative estimate of drug-likeness (QED) is 0.657. The van der Waals surface area contributed by atoms with Gasteiger partial charge in [-0.25, -0.2) is 4.79 Å². The smallest absolute Gasteiger partial charge is 0.341 e. The molecule has 0 saturated heterocycles. The van der Waals surface area contributed by atoms with E-state index in [1.165, 1.54) is 16.6 Å². The first-order valence-corrected chi connectivity index (χ1v) is 10.2. The third-order valence-corrected chi connectivity index (χ3v) is 6.99.